The maximum Gasteiger partial charge on any atom is 0.412 e. The molecule has 0 aliphatic heterocycles. The summed E-state index contributed by atoms with van der Waals surface area (Å²) in [7, 11) is -3.64. The van der Waals surface area contributed by atoms with E-state index in [0.29, 0.717) is 11.1 Å². The molecule has 3 N–H and O–H groups in total. The largest absolute Gasteiger partial charge is 0.444 e. The van der Waals surface area contributed by atoms with Crippen LogP contribution in [0.5, 0.6) is 0 Å². The fraction of sp³-hybridized carbons (Fsp3) is 0.133. The quantitative estimate of drug-likeness (QED) is 0.223. The molecule has 0 spiro atoms. The van der Waals surface area contributed by atoms with E-state index in [2.05, 4.69) is 10.6 Å². The summed E-state index contributed by atoms with van der Waals surface area (Å²) in [4.78, 5) is 25.4. The van der Waals surface area contributed by atoms with Crippen molar-refractivity contribution in [1.82, 2.24) is 0 Å². The van der Waals surface area contributed by atoms with Gasteiger partial charge in [0, 0.05) is 5.56 Å². The van der Waals surface area contributed by atoms with Crippen LogP contribution in [0.15, 0.2) is 101 Å². The van der Waals surface area contributed by atoms with E-state index >= 15 is 0 Å². The summed E-state index contributed by atoms with van der Waals surface area (Å²) in [5.41, 5.74) is 1.27. The average molecular weight is 564 g/mol. The van der Waals surface area contributed by atoms with Gasteiger partial charge in [-0.15, -0.1) is 0 Å². The van der Waals surface area contributed by atoms with E-state index in [0.717, 1.165) is 6.07 Å². The summed E-state index contributed by atoms with van der Waals surface area (Å²) in [5.74, 6) is -1.71. The predicted molar refractivity (Wildman–Crippen MR) is 150 cm³/mol. The molecule has 0 aromatic heterocycles. The summed E-state index contributed by atoms with van der Waals surface area (Å²) in [6, 6.07) is 21.5. The SMILES string of the molecule is CC(C)(C)OC(=O)Nc1ccc(-c2ccc(F)cc2)cc1NC(=O)c1ccc(S(=N)(=O)c2ccccc2F)cc1. The molecule has 1 unspecified atom stereocenters. The van der Waals surface area contributed by atoms with Gasteiger partial charge in [-0.05, 0) is 92.6 Å². The number of hydrogen-bond donors (Lipinski definition) is 3. The zero-order valence-corrected chi connectivity index (χ0v) is 22.8. The molecule has 0 radical (unpaired) electrons. The summed E-state index contributed by atoms with van der Waals surface area (Å²) in [6.07, 6.45) is -0.722. The molecule has 40 heavy (non-hydrogen) atoms. The zero-order chi connectivity index (χ0) is 29.1. The standard InChI is InChI=1S/C30H27F2N3O4S/c1-30(2,3)39-29(37)35-25-17-12-21(19-8-13-22(31)14-9-19)18-26(25)34-28(36)20-10-15-23(16-11-20)40(33,38)27-7-5-4-6-24(27)32/h4-18,33H,1-3H3,(H,34,36)(H,35,37). The number of hydrogen-bond acceptors (Lipinski definition) is 5. The second-order valence-electron chi connectivity index (χ2n) is 9.86. The molecular weight excluding hydrogens is 536 g/mol. The van der Waals surface area contributed by atoms with Crippen LogP contribution in [0.3, 0.4) is 0 Å². The van der Waals surface area contributed by atoms with Crippen LogP contribution >= 0.6 is 0 Å². The van der Waals surface area contributed by atoms with Crippen LogP contribution in [0.1, 0.15) is 31.1 Å². The monoisotopic (exact) mass is 563 g/mol. The summed E-state index contributed by atoms with van der Waals surface area (Å²) < 4.78 is 54.3. The normalized spacial score (nSPS) is 12.7. The van der Waals surface area contributed by atoms with Crippen molar-refractivity contribution in [1.29, 1.82) is 4.78 Å². The third-order valence-electron chi connectivity index (χ3n) is 5.68. The first kappa shape index (κ1) is 28.4. The Bertz CT molecular complexity index is 1660. The van der Waals surface area contributed by atoms with Crippen molar-refractivity contribution < 1.29 is 27.3 Å². The lowest BCUT2D eigenvalue weighted by molar-refractivity contribution is 0.0635. The summed E-state index contributed by atoms with van der Waals surface area (Å²) in [6.45, 7) is 5.16. The molecule has 0 saturated carbocycles. The van der Waals surface area contributed by atoms with Crippen LogP contribution in [-0.4, -0.2) is 21.8 Å². The number of ether oxygens (including phenoxy) is 1. The van der Waals surface area contributed by atoms with Gasteiger partial charge < -0.3 is 10.1 Å². The number of rotatable bonds is 6. The van der Waals surface area contributed by atoms with Gasteiger partial charge in [0.1, 0.15) is 27.0 Å². The van der Waals surface area contributed by atoms with Gasteiger partial charge in [0.25, 0.3) is 5.91 Å². The van der Waals surface area contributed by atoms with Gasteiger partial charge in [-0.1, -0.05) is 30.3 Å². The molecule has 0 aliphatic rings. The third-order valence-corrected chi connectivity index (χ3v) is 7.56. The molecular formula is C30H27F2N3O4S. The molecule has 0 fully saturated rings. The minimum absolute atomic E-state index is 0.0414. The van der Waals surface area contributed by atoms with E-state index in [4.69, 9.17) is 9.52 Å². The average Bonchev–Trinajstić information content (AvgIpc) is 2.89. The van der Waals surface area contributed by atoms with Gasteiger partial charge in [0.2, 0.25) is 0 Å². The predicted octanol–water partition coefficient (Wildman–Crippen LogP) is 7.70. The fourth-order valence-corrected chi connectivity index (χ4v) is 5.18. The molecule has 4 aromatic carbocycles. The third kappa shape index (κ3) is 6.70. The lowest BCUT2D eigenvalue weighted by Crippen LogP contribution is -2.27. The van der Waals surface area contributed by atoms with Crippen molar-refractivity contribution in [3.8, 4) is 11.1 Å². The van der Waals surface area contributed by atoms with Crippen LogP contribution < -0.4 is 10.6 Å². The first-order valence-corrected chi connectivity index (χ1v) is 13.7. The van der Waals surface area contributed by atoms with Crippen molar-refractivity contribution in [3.63, 3.8) is 0 Å². The van der Waals surface area contributed by atoms with Crippen molar-refractivity contribution >= 4 is 33.1 Å². The highest BCUT2D eigenvalue weighted by Gasteiger charge is 2.20. The molecule has 0 heterocycles. The van der Waals surface area contributed by atoms with Crippen molar-refractivity contribution in [2.24, 2.45) is 0 Å². The van der Waals surface area contributed by atoms with E-state index in [1.807, 2.05) is 0 Å². The number of benzene rings is 4. The first-order chi connectivity index (χ1) is 18.8. The maximum atomic E-state index is 14.2. The number of amides is 2. The molecule has 10 heteroatoms. The van der Waals surface area contributed by atoms with Crippen LogP contribution in [0.25, 0.3) is 11.1 Å². The molecule has 2 amide bonds. The maximum absolute atomic E-state index is 14.2. The molecule has 0 saturated heterocycles. The van der Waals surface area contributed by atoms with Crippen LogP contribution in [0, 0.1) is 16.4 Å². The number of nitrogens with one attached hydrogen (secondary N) is 3. The first-order valence-electron chi connectivity index (χ1n) is 12.2. The topological polar surface area (TPSA) is 108 Å². The van der Waals surface area contributed by atoms with Gasteiger partial charge in [-0.3, -0.25) is 10.1 Å². The Hall–Kier alpha value is -4.57. The molecule has 4 rings (SSSR count). The second-order valence-corrected chi connectivity index (χ2v) is 11.9. The second kappa shape index (κ2) is 11.3. The number of carbonyl (C=O) groups is 2. The zero-order valence-electron chi connectivity index (χ0n) is 22.0. The van der Waals surface area contributed by atoms with Crippen LogP contribution in [-0.2, 0) is 14.5 Å². The van der Waals surface area contributed by atoms with Crippen LogP contribution in [0.4, 0.5) is 25.0 Å². The van der Waals surface area contributed by atoms with E-state index in [9.17, 15) is 22.6 Å². The Morgan fingerprint density at radius 1 is 0.800 bits per heavy atom. The van der Waals surface area contributed by atoms with Crippen molar-refractivity contribution in [3.05, 3.63) is 108 Å². The van der Waals surface area contributed by atoms with Gasteiger partial charge in [0.15, 0.2) is 0 Å². The molecule has 0 bridgehead atoms. The van der Waals surface area contributed by atoms with Crippen molar-refractivity contribution in [2.45, 2.75) is 36.2 Å². The lowest BCUT2D eigenvalue weighted by Gasteiger charge is -2.21. The lowest BCUT2D eigenvalue weighted by atomic mass is 10.0. The van der Waals surface area contributed by atoms with Gasteiger partial charge in [-0.25, -0.2) is 22.6 Å². The Kier molecular flexibility index (Phi) is 8.01. The molecule has 206 valence electrons. The summed E-state index contributed by atoms with van der Waals surface area (Å²) >= 11 is 0. The van der Waals surface area contributed by atoms with Crippen LogP contribution in [0.2, 0.25) is 0 Å². The molecule has 7 nitrogen and oxygen atoms in total. The Morgan fingerprint density at radius 3 is 2.05 bits per heavy atom. The highest BCUT2D eigenvalue weighted by Crippen LogP contribution is 2.31. The van der Waals surface area contributed by atoms with E-state index in [1.54, 1.807) is 51.1 Å². The minimum Gasteiger partial charge on any atom is -0.444 e. The number of anilines is 2. The van der Waals surface area contributed by atoms with Crippen molar-refractivity contribution in [2.75, 3.05) is 10.6 Å². The summed E-state index contributed by atoms with van der Waals surface area (Å²) in [5, 5.41) is 5.38. The Balaban J connectivity index is 1.63. The molecule has 1 atom stereocenters. The highest BCUT2D eigenvalue weighted by atomic mass is 32.2. The highest BCUT2D eigenvalue weighted by molar-refractivity contribution is 7.92. The fourth-order valence-electron chi connectivity index (χ4n) is 3.79. The Morgan fingerprint density at radius 2 is 1.43 bits per heavy atom. The van der Waals surface area contributed by atoms with E-state index < -0.39 is 39.0 Å². The van der Waals surface area contributed by atoms with Gasteiger partial charge >= 0.3 is 6.09 Å². The Labute approximate surface area is 231 Å². The number of carbonyl (C=O) groups excluding carboxylic acids is 2. The number of halogens is 2. The van der Waals surface area contributed by atoms with E-state index in [1.165, 1.54) is 54.6 Å². The molecule has 4 aromatic rings. The van der Waals surface area contributed by atoms with Gasteiger partial charge in [-0.2, -0.15) is 0 Å². The molecule has 0 aliphatic carbocycles. The minimum atomic E-state index is -3.64. The van der Waals surface area contributed by atoms with Gasteiger partial charge in [0.05, 0.1) is 21.2 Å². The smallest absolute Gasteiger partial charge is 0.412 e. The van der Waals surface area contributed by atoms with E-state index in [-0.39, 0.29) is 26.7 Å².